The maximum atomic E-state index is 12.4. The first kappa shape index (κ1) is 13.2. The molecular formula is C16H20BrNO. The lowest BCUT2D eigenvalue weighted by Crippen LogP contribution is -2.27. The van der Waals surface area contributed by atoms with Crippen molar-refractivity contribution in [3.8, 4) is 0 Å². The largest absolute Gasteiger partial charge is 0.334 e. The Kier molecular flexibility index (Phi) is 3.92. The lowest BCUT2D eigenvalue weighted by atomic mass is 9.87. The van der Waals surface area contributed by atoms with Gasteiger partial charge in [-0.3, -0.25) is 4.79 Å². The molecule has 0 spiro atoms. The highest BCUT2D eigenvalue weighted by Gasteiger charge is 2.26. The summed E-state index contributed by atoms with van der Waals surface area (Å²) in [6, 6.07) is 6.25. The van der Waals surface area contributed by atoms with Crippen LogP contribution < -0.4 is 0 Å². The maximum Gasteiger partial charge on any atom is 0.223 e. The molecule has 19 heavy (non-hydrogen) atoms. The molecule has 0 aromatic heterocycles. The summed E-state index contributed by atoms with van der Waals surface area (Å²) in [5.74, 6) is 0.975. The van der Waals surface area contributed by atoms with Crippen molar-refractivity contribution in [3.63, 3.8) is 0 Å². The zero-order valence-corrected chi connectivity index (χ0v) is 12.8. The van der Waals surface area contributed by atoms with E-state index in [9.17, 15) is 4.79 Å². The summed E-state index contributed by atoms with van der Waals surface area (Å²) in [5, 5.41) is 0. The minimum atomic E-state index is 0.343. The van der Waals surface area contributed by atoms with Gasteiger partial charge in [-0.05, 0) is 36.0 Å². The molecule has 0 bridgehead atoms. The number of hydrogen-bond acceptors (Lipinski definition) is 1. The van der Waals surface area contributed by atoms with Gasteiger partial charge in [0.05, 0.1) is 0 Å². The summed E-state index contributed by atoms with van der Waals surface area (Å²) in [5.41, 5.74) is 2.59. The van der Waals surface area contributed by atoms with Crippen LogP contribution in [0.4, 0.5) is 0 Å². The summed E-state index contributed by atoms with van der Waals surface area (Å²) < 4.78 is 1.14. The molecule has 2 nitrogen and oxygen atoms in total. The number of amides is 1. The van der Waals surface area contributed by atoms with Gasteiger partial charge in [0, 0.05) is 24.0 Å². The lowest BCUT2D eigenvalue weighted by Gasteiger charge is -2.23. The topological polar surface area (TPSA) is 20.3 Å². The molecule has 0 atom stereocenters. The second-order valence-electron chi connectivity index (χ2n) is 5.84. The van der Waals surface area contributed by atoms with Gasteiger partial charge in [0.1, 0.15) is 0 Å². The van der Waals surface area contributed by atoms with Gasteiger partial charge in [0.2, 0.25) is 5.91 Å². The van der Waals surface area contributed by atoms with E-state index in [0.717, 1.165) is 24.0 Å². The van der Waals surface area contributed by atoms with Gasteiger partial charge in [-0.2, -0.15) is 0 Å². The Hall–Kier alpha value is -0.830. The molecule has 3 rings (SSSR count). The fourth-order valence-electron chi connectivity index (χ4n) is 3.32. The normalized spacial score (nSPS) is 19.5. The summed E-state index contributed by atoms with van der Waals surface area (Å²) in [6.45, 7) is 1.57. The third-order valence-electron chi connectivity index (χ3n) is 4.47. The van der Waals surface area contributed by atoms with Gasteiger partial charge < -0.3 is 4.90 Å². The Balaban J connectivity index is 1.62. The van der Waals surface area contributed by atoms with E-state index in [1.165, 1.54) is 43.2 Å². The number of fused-ring (bicyclic) bond motifs is 1. The van der Waals surface area contributed by atoms with E-state index >= 15 is 0 Å². The average Bonchev–Trinajstić information content (AvgIpc) is 2.85. The van der Waals surface area contributed by atoms with Crippen molar-refractivity contribution in [3.05, 3.63) is 33.8 Å². The first-order valence-electron chi connectivity index (χ1n) is 7.28. The van der Waals surface area contributed by atoms with Gasteiger partial charge in [0.25, 0.3) is 0 Å². The van der Waals surface area contributed by atoms with E-state index in [1.807, 2.05) is 4.90 Å². The molecule has 3 heteroatoms. The van der Waals surface area contributed by atoms with Crippen LogP contribution in [-0.2, 0) is 17.9 Å². The average molecular weight is 322 g/mol. The highest BCUT2D eigenvalue weighted by molar-refractivity contribution is 9.10. The van der Waals surface area contributed by atoms with Crippen molar-refractivity contribution in [2.24, 2.45) is 5.92 Å². The number of nitrogens with zero attached hydrogens (tertiary/aromatic N) is 1. The van der Waals surface area contributed by atoms with Crippen LogP contribution in [0.5, 0.6) is 0 Å². The van der Waals surface area contributed by atoms with Gasteiger partial charge in [-0.15, -0.1) is 0 Å². The quantitative estimate of drug-likeness (QED) is 0.796. The summed E-state index contributed by atoms with van der Waals surface area (Å²) in [6.07, 6.45) is 7.22. The molecule has 1 aromatic carbocycles. The molecule has 1 saturated carbocycles. The van der Waals surface area contributed by atoms with Crippen LogP contribution in [-0.4, -0.2) is 10.8 Å². The zero-order chi connectivity index (χ0) is 13.2. The Bertz CT molecular complexity index is 480. The van der Waals surface area contributed by atoms with E-state index in [2.05, 4.69) is 34.1 Å². The highest BCUT2D eigenvalue weighted by Crippen LogP contribution is 2.32. The molecule has 1 heterocycles. The number of benzene rings is 1. The Labute approximate surface area is 123 Å². The lowest BCUT2D eigenvalue weighted by molar-refractivity contribution is -0.133. The van der Waals surface area contributed by atoms with Crippen molar-refractivity contribution >= 4 is 21.8 Å². The first-order valence-corrected chi connectivity index (χ1v) is 8.07. The van der Waals surface area contributed by atoms with Crippen LogP contribution in [0.25, 0.3) is 0 Å². The smallest absolute Gasteiger partial charge is 0.223 e. The highest BCUT2D eigenvalue weighted by atomic mass is 79.9. The first-order chi connectivity index (χ1) is 9.24. The molecule has 1 aliphatic carbocycles. The molecule has 1 amide bonds. The van der Waals surface area contributed by atoms with Gasteiger partial charge in [-0.1, -0.05) is 47.3 Å². The van der Waals surface area contributed by atoms with Crippen LogP contribution in [0.15, 0.2) is 22.7 Å². The number of rotatable bonds is 2. The molecule has 1 aliphatic heterocycles. The fraction of sp³-hybridized carbons (Fsp3) is 0.562. The Morgan fingerprint density at radius 2 is 2.00 bits per heavy atom. The number of carbonyl (C=O) groups excluding carboxylic acids is 1. The van der Waals surface area contributed by atoms with E-state index in [1.54, 1.807) is 0 Å². The van der Waals surface area contributed by atoms with E-state index < -0.39 is 0 Å². The van der Waals surface area contributed by atoms with Crippen molar-refractivity contribution < 1.29 is 4.79 Å². The van der Waals surface area contributed by atoms with Gasteiger partial charge in [0.15, 0.2) is 0 Å². The summed E-state index contributed by atoms with van der Waals surface area (Å²) in [4.78, 5) is 14.4. The zero-order valence-electron chi connectivity index (χ0n) is 11.2. The predicted octanol–water partition coefficient (Wildman–Crippen LogP) is 4.26. The molecule has 0 saturated heterocycles. The van der Waals surface area contributed by atoms with Crippen LogP contribution in [0.2, 0.25) is 0 Å². The third kappa shape index (κ3) is 2.86. The van der Waals surface area contributed by atoms with Crippen molar-refractivity contribution in [2.75, 3.05) is 0 Å². The molecule has 0 N–H and O–H groups in total. The molecular weight excluding hydrogens is 302 g/mol. The Morgan fingerprint density at radius 3 is 2.74 bits per heavy atom. The summed E-state index contributed by atoms with van der Waals surface area (Å²) in [7, 11) is 0. The number of carbonyl (C=O) groups is 1. The molecule has 102 valence electrons. The van der Waals surface area contributed by atoms with Gasteiger partial charge in [-0.25, -0.2) is 0 Å². The standard InChI is InChI=1S/C16H20BrNO/c17-15-8-4-7-13-10-18(11-14(13)15)16(19)9-12-5-2-1-3-6-12/h4,7-8,12H,1-3,5-6,9-11H2. The van der Waals surface area contributed by atoms with E-state index in [4.69, 9.17) is 0 Å². The Morgan fingerprint density at radius 1 is 1.21 bits per heavy atom. The fourth-order valence-corrected chi connectivity index (χ4v) is 3.86. The third-order valence-corrected chi connectivity index (χ3v) is 5.21. The molecule has 0 unspecified atom stereocenters. The van der Waals surface area contributed by atoms with E-state index in [0.29, 0.717) is 11.8 Å². The second kappa shape index (κ2) is 5.66. The molecule has 0 radical (unpaired) electrons. The van der Waals surface area contributed by atoms with Crippen molar-refractivity contribution in [1.82, 2.24) is 4.90 Å². The predicted molar refractivity (Wildman–Crippen MR) is 79.6 cm³/mol. The van der Waals surface area contributed by atoms with Crippen molar-refractivity contribution in [1.29, 1.82) is 0 Å². The number of hydrogen-bond donors (Lipinski definition) is 0. The van der Waals surface area contributed by atoms with Crippen LogP contribution in [0.3, 0.4) is 0 Å². The molecule has 1 aromatic rings. The minimum Gasteiger partial charge on any atom is -0.334 e. The summed E-state index contributed by atoms with van der Waals surface area (Å²) >= 11 is 3.58. The number of halogens is 1. The maximum absolute atomic E-state index is 12.4. The minimum absolute atomic E-state index is 0.343. The molecule has 1 fully saturated rings. The second-order valence-corrected chi connectivity index (χ2v) is 6.69. The van der Waals surface area contributed by atoms with E-state index in [-0.39, 0.29) is 0 Å². The van der Waals surface area contributed by atoms with Gasteiger partial charge >= 0.3 is 0 Å². The van der Waals surface area contributed by atoms with Crippen molar-refractivity contribution in [2.45, 2.75) is 51.6 Å². The van der Waals surface area contributed by atoms with Crippen LogP contribution in [0, 0.1) is 5.92 Å². The molecule has 2 aliphatic rings. The monoisotopic (exact) mass is 321 g/mol. The van der Waals surface area contributed by atoms with Crippen LogP contribution in [0.1, 0.15) is 49.7 Å². The van der Waals surface area contributed by atoms with Crippen LogP contribution >= 0.6 is 15.9 Å². The SMILES string of the molecule is O=C(CC1CCCCC1)N1Cc2cccc(Br)c2C1.